The zero-order valence-corrected chi connectivity index (χ0v) is 11.5. The Morgan fingerprint density at radius 3 is 2.72 bits per heavy atom. The van der Waals surface area contributed by atoms with Gasteiger partial charge >= 0.3 is 0 Å². The molecule has 100 valence electrons. The normalized spacial score (nSPS) is 10.3. The SMILES string of the molecule is C=CCc1ccccc1OCCCCCCNC. The third-order valence-corrected chi connectivity index (χ3v) is 2.92. The van der Waals surface area contributed by atoms with Crippen molar-refractivity contribution in [3.8, 4) is 5.75 Å². The average Bonchev–Trinajstić information content (AvgIpc) is 2.40. The molecule has 1 aromatic rings. The summed E-state index contributed by atoms with van der Waals surface area (Å²) < 4.78 is 5.83. The fourth-order valence-electron chi connectivity index (χ4n) is 1.91. The predicted molar refractivity (Wildman–Crippen MR) is 78.2 cm³/mol. The van der Waals surface area contributed by atoms with E-state index in [4.69, 9.17) is 4.74 Å². The lowest BCUT2D eigenvalue weighted by Crippen LogP contribution is -2.07. The van der Waals surface area contributed by atoms with Crippen molar-refractivity contribution < 1.29 is 4.74 Å². The lowest BCUT2D eigenvalue weighted by Gasteiger charge is -2.10. The number of unbranched alkanes of at least 4 members (excludes halogenated alkanes) is 3. The van der Waals surface area contributed by atoms with Gasteiger partial charge in [0, 0.05) is 0 Å². The number of ether oxygens (including phenoxy) is 1. The molecule has 0 aliphatic carbocycles. The molecule has 0 heterocycles. The van der Waals surface area contributed by atoms with E-state index >= 15 is 0 Å². The summed E-state index contributed by atoms with van der Waals surface area (Å²) >= 11 is 0. The van der Waals surface area contributed by atoms with Crippen LogP contribution in [0.4, 0.5) is 0 Å². The van der Waals surface area contributed by atoms with Crippen molar-refractivity contribution in [2.75, 3.05) is 20.2 Å². The number of benzene rings is 1. The van der Waals surface area contributed by atoms with Crippen molar-refractivity contribution in [2.24, 2.45) is 0 Å². The quantitative estimate of drug-likeness (QED) is 0.504. The van der Waals surface area contributed by atoms with Crippen LogP contribution in [0.1, 0.15) is 31.2 Å². The first-order valence-electron chi connectivity index (χ1n) is 6.84. The van der Waals surface area contributed by atoms with Crippen LogP contribution in [0.15, 0.2) is 36.9 Å². The van der Waals surface area contributed by atoms with Gasteiger partial charge in [-0.1, -0.05) is 37.1 Å². The molecule has 0 aliphatic rings. The largest absolute Gasteiger partial charge is 0.493 e. The van der Waals surface area contributed by atoms with E-state index in [0.717, 1.165) is 31.7 Å². The van der Waals surface area contributed by atoms with Gasteiger partial charge in [-0.3, -0.25) is 0 Å². The summed E-state index contributed by atoms with van der Waals surface area (Å²) in [4.78, 5) is 0. The Hall–Kier alpha value is -1.28. The summed E-state index contributed by atoms with van der Waals surface area (Å²) in [6.45, 7) is 5.70. The van der Waals surface area contributed by atoms with Crippen molar-refractivity contribution in [3.63, 3.8) is 0 Å². The molecule has 1 N–H and O–H groups in total. The molecule has 1 rings (SSSR count). The van der Waals surface area contributed by atoms with Gasteiger partial charge in [0.05, 0.1) is 6.61 Å². The zero-order valence-electron chi connectivity index (χ0n) is 11.5. The molecule has 0 radical (unpaired) electrons. The highest BCUT2D eigenvalue weighted by Gasteiger charge is 2.00. The molecule has 0 aliphatic heterocycles. The second-order valence-corrected chi connectivity index (χ2v) is 4.47. The minimum absolute atomic E-state index is 0.813. The number of allylic oxidation sites excluding steroid dienone is 1. The molecule has 0 bridgehead atoms. The average molecular weight is 247 g/mol. The fraction of sp³-hybridized carbons (Fsp3) is 0.500. The lowest BCUT2D eigenvalue weighted by molar-refractivity contribution is 0.302. The summed E-state index contributed by atoms with van der Waals surface area (Å²) in [6.07, 6.45) is 7.69. The van der Waals surface area contributed by atoms with Gasteiger partial charge in [-0.15, -0.1) is 6.58 Å². The third-order valence-electron chi connectivity index (χ3n) is 2.92. The van der Waals surface area contributed by atoms with E-state index < -0.39 is 0 Å². The molecule has 0 spiro atoms. The van der Waals surface area contributed by atoms with E-state index in [0.29, 0.717) is 0 Å². The van der Waals surface area contributed by atoms with E-state index in [9.17, 15) is 0 Å². The lowest BCUT2D eigenvalue weighted by atomic mass is 10.1. The topological polar surface area (TPSA) is 21.3 Å². The van der Waals surface area contributed by atoms with Crippen LogP contribution < -0.4 is 10.1 Å². The first kappa shape index (κ1) is 14.8. The maximum atomic E-state index is 5.83. The molecule has 0 aromatic heterocycles. The molecule has 0 saturated heterocycles. The minimum atomic E-state index is 0.813. The van der Waals surface area contributed by atoms with Gasteiger partial charge in [-0.25, -0.2) is 0 Å². The van der Waals surface area contributed by atoms with Gasteiger partial charge < -0.3 is 10.1 Å². The van der Waals surface area contributed by atoms with Crippen molar-refractivity contribution in [3.05, 3.63) is 42.5 Å². The van der Waals surface area contributed by atoms with Crippen molar-refractivity contribution >= 4 is 0 Å². The molecular weight excluding hydrogens is 222 g/mol. The van der Waals surface area contributed by atoms with Gasteiger partial charge in [-0.2, -0.15) is 0 Å². The Balaban J connectivity index is 2.20. The number of hydrogen-bond donors (Lipinski definition) is 1. The van der Waals surface area contributed by atoms with Gasteiger partial charge in [-0.05, 0) is 44.5 Å². The van der Waals surface area contributed by atoms with E-state index in [1.807, 2.05) is 31.3 Å². The number of nitrogens with one attached hydrogen (secondary N) is 1. The van der Waals surface area contributed by atoms with Crippen LogP contribution in [0.3, 0.4) is 0 Å². The number of hydrogen-bond acceptors (Lipinski definition) is 2. The van der Waals surface area contributed by atoms with Crippen LogP contribution in [0, 0.1) is 0 Å². The number of rotatable bonds is 10. The number of para-hydroxylation sites is 1. The summed E-state index contributed by atoms with van der Waals surface area (Å²) in [7, 11) is 2.00. The second-order valence-electron chi connectivity index (χ2n) is 4.47. The fourth-order valence-corrected chi connectivity index (χ4v) is 1.91. The minimum Gasteiger partial charge on any atom is -0.493 e. The van der Waals surface area contributed by atoms with Crippen molar-refractivity contribution in [2.45, 2.75) is 32.1 Å². The molecule has 1 aromatic carbocycles. The molecule has 0 atom stereocenters. The molecule has 0 fully saturated rings. The van der Waals surface area contributed by atoms with Crippen LogP contribution in [0.2, 0.25) is 0 Å². The highest BCUT2D eigenvalue weighted by atomic mass is 16.5. The molecule has 2 nitrogen and oxygen atoms in total. The molecule has 0 unspecified atom stereocenters. The Morgan fingerprint density at radius 2 is 1.94 bits per heavy atom. The Labute approximate surface area is 111 Å². The van der Waals surface area contributed by atoms with E-state index in [1.54, 1.807) is 0 Å². The smallest absolute Gasteiger partial charge is 0.122 e. The Bertz CT molecular complexity index is 336. The van der Waals surface area contributed by atoms with E-state index in [1.165, 1.54) is 24.8 Å². The van der Waals surface area contributed by atoms with Crippen LogP contribution in [0.5, 0.6) is 5.75 Å². The van der Waals surface area contributed by atoms with Crippen LogP contribution >= 0.6 is 0 Å². The monoisotopic (exact) mass is 247 g/mol. The molecule has 2 heteroatoms. The highest BCUT2D eigenvalue weighted by Crippen LogP contribution is 2.19. The maximum absolute atomic E-state index is 5.83. The maximum Gasteiger partial charge on any atom is 0.122 e. The van der Waals surface area contributed by atoms with Crippen molar-refractivity contribution in [1.29, 1.82) is 0 Å². The third kappa shape index (κ3) is 5.87. The Kier molecular flexibility index (Phi) is 7.98. The first-order valence-corrected chi connectivity index (χ1v) is 6.84. The highest BCUT2D eigenvalue weighted by molar-refractivity contribution is 5.34. The van der Waals surface area contributed by atoms with Gasteiger partial charge in [0.25, 0.3) is 0 Å². The van der Waals surface area contributed by atoms with E-state index in [-0.39, 0.29) is 0 Å². The predicted octanol–water partition coefficient (Wildman–Crippen LogP) is 3.57. The summed E-state index contributed by atoms with van der Waals surface area (Å²) in [5.74, 6) is 1.01. The van der Waals surface area contributed by atoms with Gasteiger partial charge in [0.1, 0.15) is 5.75 Å². The van der Waals surface area contributed by atoms with Crippen molar-refractivity contribution in [1.82, 2.24) is 5.32 Å². The molecule has 0 saturated carbocycles. The van der Waals surface area contributed by atoms with Crippen LogP contribution in [-0.4, -0.2) is 20.2 Å². The van der Waals surface area contributed by atoms with Crippen LogP contribution in [-0.2, 0) is 6.42 Å². The standard InChI is InChI=1S/C16H25NO/c1-3-10-15-11-6-7-12-16(15)18-14-9-5-4-8-13-17-2/h3,6-7,11-12,17H,1,4-5,8-10,13-14H2,2H3. The van der Waals surface area contributed by atoms with Gasteiger partial charge in [0.2, 0.25) is 0 Å². The first-order chi connectivity index (χ1) is 8.88. The summed E-state index contributed by atoms with van der Waals surface area (Å²) in [5, 5.41) is 3.17. The molecule has 0 amide bonds. The molecule has 18 heavy (non-hydrogen) atoms. The van der Waals surface area contributed by atoms with E-state index in [2.05, 4.69) is 18.0 Å². The van der Waals surface area contributed by atoms with Crippen LogP contribution in [0.25, 0.3) is 0 Å². The summed E-state index contributed by atoms with van der Waals surface area (Å²) in [5.41, 5.74) is 1.22. The molecular formula is C16H25NO. The summed E-state index contributed by atoms with van der Waals surface area (Å²) in [6, 6.07) is 8.21. The zero-order chi connectivity index (χ0) is 13.1. The Morgan fingerprint density at radius 1 is 1.17 bits per heavy atom. The second kappa shape index (κ2) is 9.72. The van der Waals surface area contributed by atoms with Gasteiger partial charge in [0.15, 0.2) is 0 Å².